The molecule has 1 fully saturated rings. The predicted octanol–water partition coefficient (Wildman–Crippen LogP) is 2.67. The van der Waals surface area contributed by atoms with E-state index in [1.54, 1.807) is 38.1 Å². The molecule has 0 aliphatic carbocycles. The van der Waals surface area contributed by atoms with Gasteiger partial charge in [0, 0.05) is 23.5 Å². The van der Waals surface area contributed by atoms with Crippen LogP contribution in [0, 0.1) is 5.92 Å². The first-order chi connectivity index (χ1) is 11.8. The highest BCUT2D eigenvalue weighted by molar-refractivity contribution is 5.93. The lowest BCUT2D eigenvalue weighted by molar-refractivity contribution is -0.119. The zero-order valence-corrected chi connectivity index (χ0v) is 17.7. The van der Waals surface area contributed by atoms with Crippen LogP contribution < -0.4 is 21.7 Å². The normalized spacial score (nSPS) is 16.9. The first-order valence-electron chi connectivity index (χ1n) is 8.77. The van der Waals surface area contributed by atoms with E-state index in [2.05, 4.69) is 27.9 Å². The number of amides is 3. The number of carbonyl (C=O) groups excluding carboxylic acids is 2. The number of carbonyl (C=O) groups is 2. The van der Waals surface area contributed by atoms with Gasteiger partial charge in [-0.15, -0.1) is 24.8 Å². The molecule has 2 rings (SSSR count). The van der Waals surface area contributed by atoms with Crippen LogP contribution in [0.15, 0.2) is 24.3 Å². The third-order valence-electron chi connectivity index (χ3n) is 4.67. The summed E-state index contributed by atoms with van der Waals surface area (Å²) in [5.74, 6) is -0.381. The average Bonchev–Trinajstić information content (AvgIpc) is 2.57. The predicted molar refractivity (Wildman–Crippen MR) is 115 cm³/mol. The summed E-state index contributed by atoms with van der Waals surface area (Å²) >= 11 is 0. The summed E-state index contributed by atoms with van der Waals surface area (Å²) in [6, 6.07) is 6.87. The molecule has 0 saturated carbocycles. The van der Waals surface area contributed by atoms with Gasteiger partial charge < -0.3 is 26.6 Å². The molecule has 3 amide bonds. The molecule has 2 atom stereocenters. The number of likely N-dealkylation sites (tertiary alicyclic amines) is 1. The molecular weight excluding hydrogens is 389 g/mol. The molecule has 0 spiro atoms. The Kier molecular flexibility index (Phi) is 11.3. The lowest BCUT2D eigenvalue weighted by atomic mass is 10.0. The fourth-order valence-corrected chi connectivity index (χ4v) is 2.64. The van der Waals surface area contributed by atoms with Crippen molar-refractivity contribution in [2.75, 3.05) is 30.8 Å². The Morgan fingerprint density at radius 3 is 2.00 bits per heavy atom. The number of hydrogen-bond donors (Lipinski definition) is 4. The van der Waals surface area contributed by atoms with Gasteiger partial charge in [-0.05, 0) is 64.2 Å². The van der Waals surface area contributed by atoms with Gasteiger partial charge in [0.15, 0.2) is 0 Å². The molecule has 154 valence electrons. The second-order valence-electron chi connectivity index (χ2n) is 6.89. The molecule has 0 aromatic heterocycles. The van der Waals surface area contributed by atoms with Crippen LogP contribution in [0.2, 0.25) is 0 Å². The van der Waals surface area contributed by atoms with Crippen LogP contribution in [-0.2, 0) is 4.79 Å². The van der Waals surface area contributed by atoms with Crippen molar-refractivity contribution in [3.63, 3.8) is 0 Å². The maximum atomic E-state index is 12.1. The summed E-state index contributed by atoms with van der Waals surface area (Å²) in [5.41, 5.74) is 7.10. The Morgan fingerprint density at radius 1 is 1.04 bits per heavy atom. The van der Waals surface area contributed by atoms with Crippen LogP contribution in [-0.4, -0.2) is 49.1 Å². The maximum Gasteiger partial charge on any atom is 0.319 e. The average molecular weight is 420 g/mol. The van der Waals surface area contributed by atoms with Crippen LogP contribution in [0.5, 0.6) is 0 Å². The standard InChI is InChI=1S/C18H29N5O2.2ClH/c1-12(13(2)19)17(24)20-14-4-6-15(7-5-14)21-18(25)22-16-8-10-23(3)11-9-16;;/h4-7,12-13,16H,8-11,19H2,1-3H3,(H,20,24)(H2,21,22,25);2*1H. The van der Waals surface area contributed by atoms with Gasteiger partial charge >= 0.3 is 6.03 Å². The second kappa shape index (κ2) is 12.0. The van der Waals surface area contributed by atoms with E-state index in [9.17, 15) is 9.59 Å². The molecule has 2 unspecified atom stereocenters. The minimum Gasteiger partial charge on any atom is -0.335 e. The molecular formula is C18H31Cl2N5O2. The third-order valence-corrected chi connectivity index (χ3v) is 4.67. The van der Waals surface area contributed by atoms with Crippen molar-refractivity contribution in [2.24, 2.45) is 11.7 Å². The number of rotatable bonds is 5. The van der Waals surface area contributed by atoms with E-state index in [0.717, 1.165) is 25.9 Å². The lowest BCUT2D eigenvalue weighted by Gasteiger charge is -2.29. The summed E-state index contributed by atoms with van der Waals surface area (Å²) in [7, 11) is 2.09. The summed E-state index contributed by atoms with van der Waals surface area (Å²) < 4.78 is 0. The van der Waals surface area contributed by atoms with Gasteiger partial charge in [0.2, 0.25) is 5.91 Å². The van der Waals surface area contributed by atoms with Gasteiger partial charge in [0.1, 0.15) is 0 Å². The van der Waals surface area contributed by atoms with E-state index in [4.69, 9.17) is 5.73 Å². The number of anilines is 2. The first-order valence-corrected chi connectivity index (χ1v) is 8.77. The fourth-order valence-electron chi connectivity index (χ4n) is 2.64. The number of hydrogen-bond acceptors (Lipinski definition) is 4. The zero-order chi connectivity index (χ0) is 18.4. The summed E-state index contributed by atoms with van der Waals surface area (Å²) in [4.78, 5) is 26.3. The number of nitrogens with zero attached hydrogens (tertiary/aromatic N) is 1. The molecule has 1 saturated heterocycles. The van der Waals surface area contributed by atoms with Crippen LogP contribution >= 0.6 is 24.8 Å². The number of urea groups is 1. The molecule has 0 radical (unpaired) electrons. The summed E-state index contributed by atoms with van der Waals surface area (Å²) in [6.07, 6.45) is 1.93. The number of benzene rings is 1. The molecule has 27 heavy (non-hydrogen) atoms. The quantitative estimate of drug-likeness (QED) is 0.589. The second-order valence-corrected chi connectivity index (χ2v) is 6.89. The van der Waals surface area contributed by atoms with Crippen LogP contribution in [0.25, 0.3) is 0 Å². The highest BCUT2D eigenvalue weighted by atomic mass is 35.5. The first kappa shape index (κ1) is 25.5. The van der Waals surface area contributed by atoms with Crippen molar-refractivity contribution in [2.45, 2.75) is 38.8 Å². The molecule has 5 N–H and O–H groups in total. The van der Waals surface area contributed by atoms with Gasteiger partial charge in [-0.25, -0.2) is 4.79 Å². The molecule has 9 heteroatoms. The lowest BCUT2D eigenvalue weighted by Crippen LogP contribution is -2.44. The van der Waals surface area contributed by atoms with Crippen molar-refractivity contribution in [1.29, 1.82) is 0 Å². The highest BCUT2D eigenvalue weighted by Gasteiger charge is 2.19. The van der Waals surface area contributed by atoms with Crippen molar-refractivity contribution in [1.82, 2.24) is 10.2 Å². The Bertz CT molecular complexity index is 590. The van der Waals surface area contributed by atoms with E-state index in [1.807, 2.05) is 0 Å². The zero-order valence-electron chi connectivity index (χ0n) is 16.0. The van der Waals surface area contributed by atoms with Crippen LogP contribution in [0.3, 0.4) is 0 Å². The Balaban J connectivity index is 0.00000338. The maximum absolute atomic E-state index is 12.1. The third kappa shape index (κ3) is 8.34. The molecule has 7 nitrogen and oxygen atoms in total. The number of halogens is 2. The Morgan fingerprint density at radius 2 is 1.52 bits per heavy atom. The van der Waals surface area contributed by atoms with Crippen LogP contribution in [0.4, 0.5) is 16.2 Å². The van der Waals surface area contributed by atoms with Crippen molar-refractivity contribution in [3.8, 4) is 0 Å². The Labute approximate surface area is 173 Å². The highest BCUT2D eigenvalue weighted by Crippen LogP contribution is 2.15. The SMILES string of the molecule is CC(N)C(C)C(=O)Nc1ccc(NC(=O)NC2CCN(C)CC2)cc1.Cl.Cl. The van der Waals surface area contributed by atoms with E-state index in [0.29, 0.717) is 11.4 Å². The number of nitrogens with two attached hydrogens (primary N) is 1. The number of piperidine rings is 1. The van der Waals surface area contributed by atoms with Gasteiger partial charge in [0.05, 0.1) is 5.92 Å². The Hall–Kier alpha value is -1.54. The summed E-state index contributed by atoms with van der Waals surface area (Å²) in [5, 5.41) is 8.65. The van der Waals surface area contributed by atoms with Crippen molar-refractivity contribution in [3.05, 3.63) is 24.3 Å². The van der Waals surface area contributed by atoms with E-state index >= 15 is 0 Å². The molecule has 1 aromatic carbocycles. The minimum absolute atomic E-state index is 0. The van der Waals surface area contributed by atoms with Crippen molar-refractivity contribution >= 4 is 48.1 Å². The topological polar surface area (TPSA) is 99.5 Å². The van der Waals surface area contributed by atoms with Gasteiger partial charge in [-0.2, -0.15) is 0 Å². The van der Waals surface area contributed by atoms with Crippen molar-refractivity contribution < 1.29 is 9.59 Å². The molecule has 1 aromatic rings. The van der Waals surface area contributed by atoms with E-state index in [1.165, 1.54) is 0 Å². The smallest absolute Gasteiger partial charge is 0.319 e. The number of nitrogens with one attached hydrogen (secondary N) is 3. The van der Waals surface area contributed by atoms with E-state index < -0.39 is 0 Å². The van der Waals surface area contributed by atoms with Gasteiger partial charge in [0.25, 0.3) is 0 Å². The monoisotopic (exact) mass is 419 g/mol. The fraction of sp³-hybridized carbons (Fsp3) is 0.556. The van der Waals surface area contributed by atoms with Gasteiger partial charge in [-0.1, -0.05) is 6.92 Å². The molecule has 1 heterocycles. The van der Waals surface area contributed by atoms with E-state index in [-0.39, 0.29) is 54.8 Å². The molecule has 1 aliphatic heterocycles. The molecule has 0 bridgehead atoms. The minimum atomic E-state index is -0.266. The molecule has 1 aliphatic rings. The largest absolute Gasteiger partial charge is 0.335 e. The summed E-state index contributed by atoms with van der Waals surface area (Å²) in [6.45, 7) is 5.60. The van der Waals surface area contributed by atoms with Gasteiger partial charge in [-0.3, -0.25) is 4.79 Å². The van der Waals surface area contributed by atoms with Crippen LogP contribution in [0.1, 0.15) is 26.7 Å².